The van der Waals surface area contributed by atoms with Gasteiger partial charge in [-0.1, -0.05) is 24.3 Å². The van der Waals surface area contributed by atoms with Gasteiger partial charge >= 0.3 is 12.6 Å². The fourth-order valence-corrected chi connectivity index (χ4v) is 2.99. The van der Waals surface area contributed by atoms with E-state index in [1.807, 2.05) is 0 Å². The maximum absolute atomic E-state index is 12.5. The van der Waals surface area contributed by atoms with Crippen LogP contribution in [-0.4, -0.2) is 26.9 Å². The van der Waals surface area contributed by atoms with Crippen molar-refractivity contribution in [2.24, 2.45) is 0 Å². The van der Waals surface area contributed by atoms with E-state index in [4.69, 9.17) is 4.74 Å². The Morgan fingerprint density at radius 2 is 1.79 bits per heavy atom. The summed E-state index contributed by atoms with van der Waals surface area (Å²) in [5, 5.41) is 0. The van der Waals surface area contributed by atoms with E-state index in [0.29, 0.717) is 5.56 Å². The van der Waals surface area contributed by atoms with Crippen molar-refractivity contribution in [3.05, 3.63) is 59.7 Å². The minimum atomic E-state index is -4.16. The first-order valence-corrected chi connectivity index (χ1v) is 8.45. The Kier molecular flexibility index (Phi) is 5.50. The Labute approximate surface area is 137 Å². The number of carbonyl (C=O) groups is 1. The molecule has 0 heterocycles. The molecule has 0 saturated carbocycles. The van der Waals surface area contributed by atoms with Crippen molar-refractivity contribution < 1.29 is 31.5 Å². The Bertz CT molecular complexity index is 820. The van der Waals surface area contributed by atoms with Gasteiger partial charge in [0.2, 0.25) is 9.84 Å². The summed E-state index contributed by atoms with van der Waals surface area (Å²) < 4.78 is 58.5. The van der Waals surface area contributed by atoms with Crippen LogP contribution in [0.1, 0.15) is 15.9 Å². The van der Waals surface area contributed by atoms with E-state index >= 15 is 0 Å². The Hall–Kier alpha value is -2.48. The van der Waals surface area contributed by atoms with Crippen LogP contribution in [0.15, 0.2) is 53.4 Å². The van der Waals surface area contributed by atoms with E-state index in [1.54, 1.807) is 25.1 Å². The van der Waals surface area contributed by atoms with Crippen LogP contribution in [0.5, 0.6) is 5.75 Å². The van der Waals surface area contributed by atoms with Gasteiger partial charge in [-0.25, -0.2) is 13.2 Å². The number of benzene rings is 2. The molecule has 0 amide bonds. The smallest absolute Gasteiger partial charge is 0.387 e. The molecule has 0 atom stereocenters. The van der Waals surface area contributed by atoms with E-state index < -0.39 is 39.0 Å². The lowest BCUT2D eigenvalue weighted by molar-refractivity contribution is -0.0518. The highest BCUT2D eigenvalue weighted by Gasteiger charge is 2.24. The summed E-state index contributed by atoms with van der Waals surface area (Å²) >= 11 is 0. The summed E-state index contributed by atoms with van der Waals surface area (Å²) in [7, 11) is -4.16. The monoisotopic (exact) mass is 356 g/mol. The lowest BCUT2D eigenvalue weighted by atomic mass is 10.2. The van der Waals surface area contributed by atoms with Crippen LogP contribution >= 0.6 is 0 Å². The number of esters is 1. The highest BCUT2D eigenvalue weighted by Crippen LogP contribution is 2.27. The van der Waals surface area contributed by atoms with E-state index in [9.17, 15) is 22.0 Å². The highest BCUT2D eigenvalue weighted by atomic mass is 32.2. The SMILES string of the molecule is Cc1ccc(S(=O)(=O)COC(=O)c2ccccc2)c(OC(F)F)c1. The zero-order valence-electron chi connectivity index (χ0n) is 12.6. The Morgan fingerprint density at radius 1 is 1.12 bits per heavy atom. The third kappa shape index (κ3) is 4.51. The predicted octanol–water partition coefficient (Wildman–Crippen LogP) is 3.18. The third-order valence-corrected chi connectivity index (χ3v) is 4.44. The predicted molar refractivity (Wildman–Crippen MR) is 81.7 cm³/mol. The molecule has 2 rings (SSSR count). The Morgan fingerprint density at radius 3 is 2.42 bits per heavy atom. The van der Waals surface area contributed by atoms with Crippen molar-refractivity contribution >= 4 is 15.8 Å². The average molecular weight is 356 g/mol. The van der Waals surface area contributed by atoms with Crippen LogP contribution in [0, 0.1) is 6.92 Å². The van der Waals surface area contributed by atoms with Crippen molar-refractivity contribution in [2.45, 2.75) is 18.4 Å². The first-order chi connectivity index (χ1) is 11.3. The van der Waals surface area contributed by atoms with Crippen LogP contribution in [0.2, 0.25) is 0 Å². The molecule has 0 aliphatic carbocycles. The van der Waals surface area contributed by atoms with Gasteiger partial charge in [-0.3, -0.25) is 0 Å². The van der Waals surface area contributed by atoms with Gasteiger partial charge in [-0.2, -0.15) is 8.78 Å². The van der Waals surface area contributed by atoms with Gasteiger partial charge < -0.3 is 9.47 Å². The second-order valence-electron chi connectivity index (χ2n) is 4.86. The van der Waals surface area contributed by atoms with E-state index in [-0.39, 0.29) is 5.56 Å². The van der Waals surface area contributed by atoms with E-state index in [2.05, 4.69) is 4.74 Å². The lowest BCUT2D eigenvalue weighted by Gasteiger charge is -2.12. The van der Waals surface area contributed by atoms with Crippen molar-refractivity contribution in [2.75, 3.05) is 5.94 Å². The standard InChI is InChI=1S/C16H14F2O5S/c1-11-7-8-14(13(9-11)23-16(17)18)24(20,21)10-22-15(19)12-5-3-2-4-6-12/h2-9,16H,10H2,1H3. The molecule has 0 radical (unpaired) electrons. The zero-order chi connectivity index (χ0) is 17.7. The second kappa shape index (κ2) is 7.39. The van der Waals surface area contributed by atoms with Gasteiger partial charge in [0.15, 0.2) is 5.94 Å². The van der Waals surface area contributed by atoms with Crippen LogP contribution in [0.25, 0.3) is 0 Å². The third-order valence-electron chi connectivity index (χ3n) is 3.00. The van der Waals surface area contributed by atoms with Crippen molar-refractivity contribution in [1.29, 1.82) is 0 Å². The highest BCUT2D eigenvalue weighted by molar-refractivity contribution is 7.91. The number of sulfone groups is 1. The van der Waals surface area contributed by atoms with E-state index in [0.717, 1.165) is 6.07 Å². The molecule has 0 fully saturated rings. The van der Waals surface area contributed by atoms with Gasteiger partial charge in [0.1, 0.15) is 10.6 Å². The molecule has 5 nitrogen and oxygen atoms in total. The number of halogens is 2. The maximum atomic E-state index is 12.5. The van der Waals surface area contributed by atoms with E-state index in [1.165, 1.54) is 24.3 Å². The van der Waals surface area contributed by atoms with Gasteiger partial charge in [-0.05, 0) is 36.8 Å². The number of hydrogen-bond acceptors (Lipinski definition) is 5. The summed E-state index contributed by atoms with van der Waals surface area (Å²) in [6, 6.07) is 11.6. The summed E-state index contributed by atoms with van der Waals surface area (Å²) in [6.07, 6.45) is 0. The number of rotatable bonds is 6. The van der Waals surface area contributed by atoms with Crippen LogP contribution in [0.4, 0.5) is 8.78 Å². The molecule has 0 aliphatic heterocycles. The van der Waals surface area contributed by atoms with Crippen LogP contribution in [-0.2, 0) is 14.6 Å². The normalized spacial score (nSPS) is 11.3. The molecular formula is C16H14F2O5S. The second-order valence-corrected chi connectivity index (χ2v) is 6.76. The summed E-state index contributed by atoms with van der Waals surface area (Å²) in [5.41, 5.74) is 0.728. The molecule has 2 aromatic carbocycles. The summed E-state index contributed by atoms with van der Waals surface area (Å²) in [4.78, 5) is 11.3. The van der Waals surface area contributed by atoms with Gasteiger partial charge in [0.25, 0.3) is 0 Å². The first-order valence-electron chi connectivity index (χ1n) is 6.80. The molecule has 0 saturated heterocycles. The molecule has 8 heteroatoms. The minimum absolute atomic E-state index is 0.181. The molecule has 0 unspecified atom stereocenters. The van der Waals surface area contributed by atoms with Gasteiger partial charge in [0, 0.05) is 0 Å². The number of ether oxygens (including phenoxy) is 2. The lowest BCUT2D eigenvalue weighted by Crippen LogP contribution is -2.16. The molecule has 128 valence electrons. The quantitative estimate of drug-likeness (QED) is 0.744. The average Bonchev–Trinajstić information content (AvgIpc) is 2.53. The van der Waals surface area contributed by atoms with Gasteiger partial charge in [0.05, 0.1) is 5.56 Å². The molecule has 0 N–H and O–H groups in total. The minimum Gasteiger partial charge on any atom is -0.445 e. The number of carbonyl (C=O) groups excluding carboxylic acids is 1. The molecule has 0 bridgehead atoms. The largest absolute Gasteiger partial charge is 0.445 e. The molecule has 2 aromatic rings. The van der Waals surface area contributed by atoms with Crippen LogP contribution < -0.4 is 4.74 Å². The Balaban J connectivity index is 2.20. The van der Waals surface area contributed by atoms with Crippen molar-refractivity contribution in [1.82, 2.24) is 0 Å². The summed E-state index contributed by atoms with van der Waals surface area (Å²) in [5.74, 6) is -2.30. The molecule has 0 aliphatic rings. The summed E-state index contributed by atoms with van der Waals surface area (Å²) in [6.45, 7) is -1.57. The fraction of sp³-hybridized carbons (Fsp3) is 0.188. The molecular weight excluding hydrogens is 342 g/mol. The first kappa shape index (κ1) is 17.9. The molecule has 0 spiro atoms. The number of aryl methyl sites for hydroxylation is 1. The zero-order valence-corrected chi connectivity index (χ0v) is 13.4. The molecule has 24 heavy (non-hydrogen) atoms. The topological polar surface area (TPSA) is 69.7 Å². The van der Waals surface area contributed by atoms with Crippen molar-refractivity contribution in [3.8, 4) is 5.75 Å². The maximum Gasteiger partial charge on any atom is 0.387 e. The van der Waals surface area contributed by atoms with Gasteiger partial charge in [-0.15, -0.1) is 0 Å². The van der Waals surface area contributed by atoms with Crippen molar-refractivity contribution in [3.63, 3.8) is 0 Å². The number of alkyl halides is 2. The molecule has 0 aromatic heterocycles. The number of hydrogen-bond donors (Lipinski definition) is 0. The van der Waals surface area contributed by atoms with Crippen LogP contribution in [0.3, 0.4) is 0 Å². The fourth-order valence-electron chi connectivity index (χ4n) is 1.91.